The highest BCUT2D eigenvalue weighted by Gasteiger charge is 2.32. The smallest absolute Gasteiger partial charge is 0.410 e. The van der Waals surface area contributed by atoms with Crippen LogP contribution < -0.4 is 0 Å². The lowest BCUT2D eigenvalue weighted by Crippen LogP contribution is -2.51. The molecule has 2 fully saturated rings. The number of hydrogen-bond acceptors (Lipinski definition) is 6. The number of carbonyl (C=O) groups excluding carboxylic acids is 2. The molecule has 136 valence electrons. The van der Waals surface area contributed by atoms with E-state index in [2.05, 4.69) is 9.97 Å². The summed E-state index contributed by atoms with van der Waals surface area (Å²) in [6, 6.07) is 3.93. The lowest BCUT2D eigenvalue weighted by atomic mass is 10.0. The van der Waals surface area contributed by atoms with Gasteiger partial charge in [0.2, 0.25) is 0 Å². The SMILES string of the molecule is O=C(c1csc(-c2ccncc2)n1)N1CCC(N2CCCOC2=O)CC1. The molecule has 26 heavy (non-hydrogen) atoms. The Kier molecular flexibility index (Phi) is 4.83. The molecule has 0 saturated carbocycles. The molecule has 0 unspecified atom stereocenters. The third-order valence-corrected chi connectivity index (χ3v) is 5.74. The van der Waals surface area contributed by atoms with Gasteiger partial charge in [-0.05, 0) is 31.4 Å². The Morgan fingerprint density at radius 1 is 1.19 bits per heavy atom. The molecular weight excluding hydrogens is 352 g/mol. The van der Waals surface area contributed by atoms with Gasteiger partial charge >= 0.3 is 6.09 Å². The van der Waals surface area contributed by atoms with E-state index in [1.807, 2.05) is 27.3 Å². The first-order valence-corrected chi connectivity index (χ1v) is 9.69. The molecular formula is C18H20N4O3S. The number of carbonyl (C=O) groups is 2. The lowest BCUT2D eigenvalue weighted by Gasteiger charge is -2.39. The van der Waals surface area contributed by atoms with Gasteiger partial charge in [-0.25, -0.2) is 9.78 Å². The number of ether oxygens (including phenoxy) is 1. The zero-order chi connectivity index (χ0) is 17.9. The number of piperidine rings is 1. The van der Waals surface area contributed by atoms with Crippen molar-refractivity contribution in [1.82, 2.24) is 19.8 Å². The molecule has 4 heterocycles. The fraction of sp³-hybridized carbons (Fsp3) is 0.444. The summed E-state index contributed by atoms with van der Waals surface area (Å²) in [5.74, 6) is -0.0405. The first-order chi connectivity index (χ1) is 12.7. The molecule has 0 spiro atoms. The van der Waals surface area contributed by atoms with E-state index >= 15 is 0 Å². The van der Waals surface area contributed by atoms with Gasteiger partial charge in [-0.15, -0.1) is 11.3 Å². The van der Waals surface area contributed by atoms with Crippen LogP contribution in [0.1, 0.15) is 29.8 Å². The van der Waals surface area contributed by atoms with Crippen molar-refractivity contribution in [2.24, 2.45) is 0 Å². The minimum absolute atomic E-state index is 0.0405. The van der Waals surface area contributed by atoms with Gasteiger partial charge in [0.25, 0.3) is 5.91 Å². The van der Waals surface area contributed by atoms with Crippen LogP contribution in [0.5, 0.6) is 0 Å². The van der Waals surface area contributed by atoms with Gasteiger partial charge in [-0.1, -0.05) is 0 Å². The van der Waals surface area contributed by atoms with E-state index in [0.717, 1.165) is 36.4 Å². The Bertz CT molecular complexity index is 787. The minimum Gasteiger partial charge on any atom is -0.449 e. The van der Waals surface area contributed by atoms with Gasteiger partial charge in [0, 0.05) is 49.0 Å². The number of pyridine rings is 1. The van der Waals surface area contributed by atoms with Crippen LogP contribution in [0.4, 0.5) is 4.79 Å². The van der Waals surface area contributed by atoms with E-state index in [1.54, 1.807) is 12.4 Å². The van der Waals surface area contributed by atoms with E-state index in [4.69, 9.17) is 4.74 Å². The summed E-state index contributed by atoms with van der Waals surface area (Å²) in [5, 5.41) is 2.63. The van der Waals surface area contributed by atoms with Crippen LogP contribution in [0.2, 0.25) is 0 Å². The normalized spacial score (nSPS) is 18.7. The molecule has 0 bridgehead atoms. The first-order valence-electron chi connectivity index (χ1n) is 8.81. The molecule has 0 radical (unpaired) electrons. The number of likely N-dealkylation sites (tertiary alicyclic amines) is 1. The van der Waals surface area contributed by atoms with Gasteiger partial charge in [0.15, 0.2) is 0 Å². The lowest BCUT2D eigenvalue weighted by molar-refractivity contribution is 0.0355. The van der Waals surface area contributed by atoms with Crippen LogP contribution >= 0.6 is 11.3 Å². The van der Waals surface area contributed by atoms with Crippen molar-refractivity contribution in [3.05, 3.63) is 35.6 Å². The molecule has 2 aliphatic rings. The Balaban J connectivity index is 1.38. The summed E-state index contributed by atoms with van der Waals surface area (Å²) in [7, 11) is 0. The van der Waals surface area contributed by atoms with E-state index < -0.39 is 0 Å². The Morgan fingerprint density at radius 2 is 1.96 bits per heavy atom. The van der Waals surface area contributed by atoms with E-state index in [0.29, 0.717) is 25.4 Å². The molecule has 2 amide bonds. The molecule has 7 nitrogen and oxygen atoms in total. The van der Waals surface area contributed by atoms with E-state index in [9.17, 15) is 9.59 Å². The van der Waals surface area contributed by atoms with Crippen molar-refractivity contribution in [2.45, 2.75) is 25.3 Å². The third-order valence-electron chi connectivity index (χ3n) is 4.85. The molecule has 0 aliphatic carbocycles. The number of aromatic nitrogens is 2. The number of thiazole rings is 1. The standard InChI is InChI=1S/C18H20N4O3S/c23-17(15-12-26-16(20-15)13-2-6-19-7-3-13)21-9-4-14(5-10-21)22-8-1-11-25-18(22)24/h2-3,6-7,12,14H,1,4-5,8-11H2. The zero-order valence-electron chi connectivity index (χ0n) is 14.3. The van der Waals surface area contributed by atoms with Gasteiger partial charge < -0.3 is 14.5 Å². The highest BCUT2D eigenvalue weighted by molar-refractivity contribution is 7.13. The minimum atomic E-state index is -0.220. The van der Waals surface area contributed by atoms with Gasteiger partial charge in [-0.3, -0.25) is 9.78 Å². The number of hydrogen-bond donors (Lipinski definition) is 0. The van der Waals surface area contributed by atoms with Crippen LogP contribution in [0.15, 0.2) is 29.9 Å². The second-order valence-corrected chi connectivity index (χ2v) is 7.32. The molecule has 2 aromatic rings. The fourth-order valence-electron chi connectivity index (χ4n) is 3.44. The number of rotatable bonds is 3. The average Bonchev–Trinajstić information content (AvgIpc) is 3.19. The van der Waals surface area contributed by atoms with Gasteiger partial charge in [0.05, 0.1) is 6.61 Å². The zero-order valence-corrected chi connectivity index (χ0v) is 15.2. The first kappa shape index (κ1) is 17.0. The summed E-state index contributed by atoms with van der Waals surface area (Å²) in [4.78, 5) is 36.8. The Labute approximate surface area is 155 Å². The second-order valence-electron chi connectivity index (χ2n) is 6.46. The van der Waals surface area contributed by atoms with Gasteiger partial charge in [0.1, 0.15) is 10.7 Å². The molecule has 0 N–H and O–H groups in total. The van der Waals surface area contributed by atoms with Crippen LogP contribution in [-0.4, -0.2) is 64.1 Å². The van der Waals surface area contributed by atoms with Crippen LogP contribution in [-0.2, 0) is 4.74 Å². The second kappa shape index (κ2) is 7.41. The van der Waals surface area contributed by atoms with Crippen molar-refractivity contribution in [2.75, 3.05) is 26.2 Å². The molecule has 0 aromatic carbocycles. The topological polar surface area (TPSA) is 75.6 Å². The fourth-order valence-corrected chi connectivity index (χ4v) is 4.24. The Morgan fingerprint density at radius 3 is 2.69 bits per heavy atom. The summed E-state index contributed by atoms with van der Waals surface area (Å²) < 4.78 is 5.13. The molecule has 8 heteroatoms. The molecule has 0 atom stereocenters. The van der Waals surface area contributed by atoms with E-state index in [-0.39, 0.29) is 18.0 Å². The van der Waals surface area contributed by atoms with Crippen LogP contribution in [0.25, 0.3) is 10.6 Å². The van der Waals surface area contributed by atoms with Crippen molar-refractivity contribution in [3.8, 4) is 10.6 Å². The van der Waals surface area contributed by atoms with Crippen LogP contribution in [0, 0.1) is 0 Å². The number of cyclic esters (lactones) is 1. The average molecular weight is 372 g/mol. The van der Waals surface area contributed by atoms with Gasteiger partial charge in [-0.2, -0.15) is 0 Å². The predicted molar refractivity (Wildman–Crippen MR) is 96.9 cm³/mol. The molecule has 4 rings (SSSR count). The number of nitrogens with zero attached hydrogens (tertiary/aromatic N) is 4. The van der Waals surface area contributed by atoms with Crippen LogP contribution in [0.3, 0.4) is 0 Å². The van der Waals surface area contributed by atoms with E-state index in [1.165, 1.54) is 11.3 Å². The van der Waals surface area contributed by atoms with Crippen molar-refractivity contribution in [3.63, 3.8) is 0 Å². The predicted octanol–water partition coefficient (Wildman–Crippen LogP) is 2.65. The molecule has 2 saturated heterocycles. The highest BCUT2D eigenvalue weighted by Crippen LogP contribution is 2.25. The maximum Gasteiger partial charge on any atom is 0.410 e. The quantitative estimate of drug-likeness (QED) is 0.828. The maximum atomic E-state index is 12.7. The van der Waals surface area contributed by atoms with Crippen molar-refractivity contribution >= 4 is 23.3 Å². The Hall–Kier alpha value is -2.48. The number of amides is 2. The van der Waals surface area contributed by atoms with Crippen molar-refractivity contribution in [1.29, 1.82) is 0 Å². The summed E-state index contributed by atoms with van der Waals surface area (Å²) >= 11 is 1.46. The highest BCUT2D eigenvalue weighted by atomic mass is 32.1. The molecule has 2 aliphatic heterocycles. The monoisotopic (exact) mass is 372 g/mol. The summed E-state index contributed by atoms with van der Waals surface area (Å²) in [6.45, 7) is 2.53. The third kappa shape index (κ3) is 3.41. The summed E-state index contributed by atoms with van der Waals surface area (Å²) in [5.41, 5.74) is 1.45. The summed E-state index contributed by atoms with van der Waals surface area (Å²) in [6.07, 6.45) is 5.65. The maximum absolute atomic E-state index is 12.7. The van der Waals surface area contributed by atoms with Crippen molar-refractivity contribution < 1.29 is 14.3 Å². The largest absolute Gasteiger partial charge is 0.449 e. The molecule has 2 aromatic heterocycles.